The monoisotopic (exact) mass is 615 g/mol. The highest BCUT2D eigenvalue weighted by atomic mass is 35.5. The number of carbonyl (C=O) groups excluding carboxylic acids is 2. The van der Waals surface area contributed by atoms with Crippen LogP contribution in [0.3, 0.4) is 0 Å². The number of piperazine rings is 1. The molecule has 3 amide bonds. The molecule has 0 aliphatic carbocycles. The van der Waals surface area contributed by atoms with E-state index in [9.17, 15) is 22.8 Å². The summed E-state index contributed by atoms with van der Waals surface area (Å²) in [6.45, 7) is 4.08. The summed E-state index contributed by atoms with van der Waals surface area (Å²) < 4.78 is 45.4. The lowest BCUT2D eigenvalue weighted by Gasteiger charge is -2.39. The Labute approximate surface area is 247 Å². The lowest BCUT2D eigenvalue weighted by Crippen LogP contribution is -2.56. The number of urea groups is 1. The molecule has 224 valence electrons. The van der Waals surface area contributed by atoms with Gasteiger partial charge in [0.05, 0.1) is 12.2 Å². The zero-order valence-corrected chi connectivity index (χ0v) is 24.3. The van der Waals surface area contributed by atoms with Crippen LogP contribution in [-0.4, -0.2) is 93.9 Å². The number of anilines is 1. The second-order valence-corrected chi connectivity index (χ2v) is 10.9. The largest absolute Gasteiger partial charge is 0.416 e. The Bertz CT molecular complexity index is 1220. The first kappa shape index (κ1) is 31.2. The number of nitrogens with zero attached hydrogens (tertiary/aromatic N) is 3. The predicted molar refractivity (Wildman–Crippen MR) is 153 cm³/mol. The minimum atomic E-state index is -4.44. The van der Waals surface area contributed by atoms with Crippen LogP contribution in [0.15, 0.2) is 36.4 Å². The van der Waals surface area contributed by atoms with Gasteiger partial charge in [-0.15, -0.1) is 0 Å². The van der Waals surface area contributed by atoms with Crippen molar-refractivity contribution in [3.8, 4) is 0 Å². The smallest absolute Gasteiger partial charge is 0.383 e. The van der Waals surface area contributed by atoms with E-state index in [1.54, 1.807) is 30.2 Å². The van der Waals surface area contributed by atoms with Gasteiger partial charge in [0.25, 0.3) is 0 Å². The number of benzene rings is 2. The number of halogens is 5. The first-order valence-electron chi connectivity index (χ1n) is 13.5. The van der Waals surface area contributed by atoms with Gasteiger partial charge in [0.2, 0.25) is 5.91 Å². The van der Waals surface area contributed by atoms with Crippen LogP contribution < -0.4 is 15.5 Å². The number of nitrogens with one attached hydrogen (secondary N) is 2. The number of hydrogen-bond donors (Lipinski definition) is 2. The number of amides is 3. The van der Waals surface area contributed by atoms with Crippen molar-refractivity contribution >= 4 is 40.8 Å². The van der Waals surface area contributed by atoms with E-state index >= 15 is 0 Å². The molecule has 2 heterocycles. The standard InChI is InChI=1S/C28H34Cl2F3N5O3/c1-41-15-9-34-7-6-20-16-21(28(31,32)33)3-5-24(20)36-11-13-37(14-12-36)26(39)25(38-10-8-35-27(38)40)17-19-2-4-22(29)18-23(19)30/h2-5,16,18,25,34H,6-15,17H2,1H3,(H,35,40)/t25-/m1/s1. The van der Waals surface area contributed by atoms with Crippen LogP contribution in [0.1, 0.15) is 16.7 Å². The summed E-state index contributed by atoms with van der Waals surface area (Å²) in [6, 6.07) is 7.84. The third-order valence-electron chi connectivity index (χ3n) is 7.37. The summed E-state index contributed by atoms with van der Waals surface area (Å²) in [4.78, 5) is 31.6. The van der Waals surface area contributed by atoms with E-state index in [1.807, 2.05) is 4.90 Å². The summed E-state index contributed by atoms with van der Waals surface area (Å²) >= 11 is 12.4. The summed E-state index contributed by atoms with van der Waals surface area (Å²) in [5.74, 6) is -0.192. The molecule has 2 aromatic carbocycles. The van der Waals surface area contributed by atoms with Gasteiger partial charge >= 0.3 is 12.2 Å². The summed E-state index contributed by atoms with van der Waals surface area (Å²) in [5, 5.41) is 6.84. The first-order valence-corrected chi connectivity index (χ1v) is 14.3. The van der Waals surface area contributed by atoms with Crippen molar-refractivity contribution in [2.24, 2.45) is 0 Å². The van der Waals surface area contributed by atoms with Crippen LogP contribution in [-0.2, 0) is 28.5 Å². The van der Waals surface area contributed by atoms with E-state index in [1.165, 1.54) is 17.0 Å². The minimum absolute atomic E-state index is 0.192. The quantitative estimate of drug-likeness (QED) is 0.373. The Kier molecular flexibility index (Phi) is 10.6. The van der Waals surface area contributed by atoms with Gasteiger partial charge in [-0.05, 0) is 54.4 Å². The molecule has 2 N–H and O–H groups in total. The van der Waals surface area contributed by atoms with E-state index in [2.05, 4.69) is 10.6 Å². The second-order valence-electron chi connectivity index (χ2n) is 10.0. The molecule has 0 unspecified atom stereocenters. The van der Waals surface area contributed by atoms with Gasteiger partial charge in [-0.1, -0.05) is 29.3 Å². The Balaban J connectivity index is 1.47. The van der Waals surface area contributed by atoms with Crippen molar-refractivity contribution in [1.82, 2.24) is 20.4 Å². The molecule has 2 saturated heterocycles. The van der Waals surface area contributed by atoms with Gasteiger partial charge in [0.15, 0.2) is 0 Å². The molecule has 2 aliphatic rings. The Morgan fingerprint density at radius 2 is 1.80 bits per heavy atom. The van der Waals surface area contributed by atoms with Crippen molar-refractivity contribution < 1.29 is 27.5 Å². The number of rotatable bonds is 11. The lowest BCUT2D eigenvalue weighted by molar-refractivity contribution is -0.138. The van der Waals surface area contributed by atoms with Gasteiger partial charge in [-0.25, -0.2) is 4.79 Å². The third kappa shape index (κ3) is 7.97. The van der Waals surface area contributed by atoms with E-state index in [0.29, 0.717) is 86.6 Å². The minimum Gasteiger partial charge on any atom is -0.383 e. The Morgan fingerprint density at radius 3 is 2.44 bits per heavy atom. The van der Waals surface area contributed by atoms with Crippen molar-refractivity contribution in [3.05, 3.63) is 63.1 Å². The van der Waals surface area contributed by atoms with E-state index < -0.39 is 17.8 Å². The zero-order valence-electron chi connectivity index (χ0n) is 22.8. The van der Waals surface area contributed by atoms with Crippen LogP contribution in [0.4, 0.5) is 23.7 Å². The maximum atomic E-state index is 13.8. The van der Waals surface area contributed by atoms with Crippen LogP contribution in [0, 0.1) is 0 Å². The molecule has 8 nitrogen and oxygen atoms in total. The molecular weight excluding hydrogens is 582 g/mol. The molecule has 2 aromatic rings. The molecule has 1 atom stereocenters. The molecule has 0 radical (unpaired) electrons. The highest BCUT2D eigenvalue weighted by Crippen LogP contribution is 2.34. The maximum absolute atomic E-state index is 13.8. The van der Waals surface area contributed by atoms with Gasteiger partial charge < -0.3 is 30.1 Å². The molecule has 0 bridgehead atoms. The second kappa shape index (κ2) is 14.0. The molecule has 4 rings (SSSR count). The average Bonchev–Trinajstić information content (AvgIpc) is 3.37. The van der Waals surface area contributed by atoms with E-state index in [0.717, 1.165) is 11.8 Å². The molecule has 2 aliphatic heterocycles. The van der Waals surface area contributed by atoms with Crippen molar-refractivity contribution in [2.75, 3.05) is 71.0 Å². The van der Waals surface area contributed by atoms with E-state index in [4.69, 9.17) is 27.9 Å². The van der Waals surface area contributed by atoms with Crippen molar-refractivity contribution in [2.45, 2.75) is 25.1 Å². The number of carbonyl (C=O) groups is 2. The first-order chi connectivity index (χ1) is 19.6. The average molecular weight is 617 g/mol. The van der Waals surface area contributed by atoms with Crippen molar-refractivity contribution in [1.29, 1.82) is 0 Å². The lowest BCUT2D eigenvalue weighted by atomic mass is 10.0. The zero-order chi connectivity index (χ0) is 29.6. The van der Waals surface area contributed by atoms with Crippen LogP contribution in [0.2, 0.25) is 10.0 Å². The molecule has 0 aromatic heterocycles. The molecule has 2 fully saturated rings. The Hall–Kier alpha value is -2.73. The van der Waals surface area contributed by atoms with Gasteiger partial charge in [0, 0.05) is 75.1 Å². The fourth-order valence-corrected chi connectivity index (χ4v) is 5.67. The maximum Gasteiger partial charge on any atom is 0.416 e. The van der Waals surface area contributed by atoms with Crippen LogP contribution in [0.5, 0.6) is 0 Å². The molecular formula is C28H34Cl2F3N5O3. The molecule has 0 spiro atoms. The number of hydrogen-bond acceptors (Lipinski definition) is 5. The van der Waals surface area contributed by atoms with Gasteiger partial charge in [-0.2, -0.15) is 13.2 Å². The number of alkyl halides is 3. The summed E-state index contributed by atoms with van der Waals surface area (Å²) in [7, 11) is 1.59. The van der Waals surface area contributed by atoms with Gasteiger partial charge in [-0.3, -0.25) is 4.79 Å². The van der Waals surface area contributed by atoms with Crippen LogP contribution >= 0.6 is 23.2 Å². The Morgan fingerprint density at radius 1 is 1.05 bits per heavy atom. The van der Waals surface area contributed by atoms with Crippen LogP contribution in [0.25, 0.3) is 0 Å². The number of methoxy groups -OCH3 is 1. The summed E-state index contributed by atoms with van der Waals surface area (Å²) in [5.41, 5.74) is 1.34. The SMILES string of the molecule is COCCNCCc1cc(C(F)(F)F)ccc1N1CCN(C(=O)[C@@H](Cc2ccc(Cl)cc2Cl)N2CCNC2=O)CC1. The summed E-state index contributed by atoms with van der Waals surface area (Å²) in [6.07, 6.45) is -3.79. The normalized spacial score (nSPS) is 16.7. The van der Waals surface area contributed by atoms with Gasteiger partial charge in [0.1, 0.15) is 6.04 Å². The molecule has 0 saturated carbocycles. The van der Waals surface area contributed by atoms with Crippen molar-refractivity contribution in [3.63, 3.8) is 0 Å². The highest BCUT2D eigenvalue weighted by Gasteiger charge is 2.37. The third-order valence-corrected chi connectivity index (χ3v) is 7.96. The highest BCUT2D eigenvalue weighted by molar-refractivity contribution is 6.35. The predicted octanol–water partition coefficient (Wildman–Crippen LogP) is 4.08. The fourth-order valence-electron chi connectivity index (χ4n) is 5.18. The molecule has 13 heteroatoms. The molecule has 41 heavy (non-hydrogen) atoms. The topological polar surface area (TPSA) is 77.2 Å². The number of ether oxygens (including phenoxy) is 1. The van der Waals surface area contributed by atoms with E-state index in [-0.39, 0.29) is 18.4 Å². The fraction of sp³-hybridized carbons (Fsp3) is 0.500.